The van der Waals surface area contributed by atoms with Crippen molar-refractivity contribution < 1.29 is 0 Å². The first-order valence-electron chi connectivity index (χ1n) is 7.14. The predicted molar refractivity (Wildman–Crippen MR) is 73.9 cm³/mol. The van der Waals surface area contributed by atoms with Crippen LogP contribution in [-0.2, 0) is 13.0 Å². The Hall–Kier alpha value is -0.610. The fraction of sp³-hybridized carbons (Fsp3) is 0.714. The highest BCUT2D eigenvalue weighted by molar-refractivity contribution is 7.99. The van der Waals surface area contributed by atoms with E-state index in [1.807, 2.05) is 11.8 Å². The number of thioether (sulfide) groups is 1. The maximum Gasteiger partial charge on any atom is 0.141 e. The minimum atomic E-state index is 0.572. The molecule has 0 radical (unpaired) electrons. The molecule has 0 amide bonds. The molecule has 3 heterocycles. The van der Waals surface area contributed by atoms with Crippen LogP contribution in [-0.4, -0.2) is 22.3 Å². The van der Waals surface area contributed by atoms with E-state index in [1.165, 1.54) is 48.4 Å². The molecule has 1 unspecified atom stereocenters. The summed E-state index contributed by atoms with van der Waals surface area (Å²) in [5, 5.41) is 4.04. The summed E-state index contributed by atoms with van der Waals surface area (Å²) < 4.78 is 0. The van der Waals surface area contributed by atoms with Crippen molar-refractivity contribution in [3.63, 3.8) is 0 Å². The summed E-state index contributed by atoms with van der Waals surface area (Å²) in [4.78, 5) is 9.85. The van der Waals surface area contributed by atoms with Gasteiger partial charge < -0.3 is 5.32 Å². The molecule has 4 rings (SSSR count). The van der Waals surface area contributed by atoms with Gasteiger partial charge in [-0.2, -0.15) is 11.8 Å². The quantitative estimate of drug-likeness (QED) is 0.888. The zero-order chi connectivity index (χ0) is 11.9. The fourth-order valence-corrected chi connectivity index (χ4v) is 4.21. The van der Waals surface area contributed by atoms with Gasteiger partial charge >= 0.3 is 0 Å². The van der Waals surface area contributed by atoms with E-state index in [9.17, 15) is 0 Å². The van der Waals surface area contributed by atoms with Crippen LogP contribution in [0.4, 0.5) is 0 Å². The topological polar surface area (TPSA) is 37.8 Å². The van der Waals surface area contributed by atoms with E-state index >= 15 is 0 Å². The van der Waals surface area contributed by atoms with Crippen LogP contribution in [0, 0.1) is 0 Å². The molecule has 3 nitrogen and oxygen atoms in total. The standard InChI is InChI=1S/C14H19N3S/c1-2-12(18-7-1)14-16-11-5-6-15-8-10(11)13(17-14)9-3-4-9/h9,12,15H,1-8H2. The van der Waals surface area contributed by atoms with Crippen LogP contribution >= 0.6 is 11.8 Å². The van der Waals surface area contributed by atoms with Crippen molar-refractivity contribution >= 4 is 11.8 Å². The molecular weight excluding hydrogens is 242 g/mol. The summed E-state index contributed by atoms with van der Waals surface area (Å²) in [6.07, 6.45) is 6.35. The van der Waals surface area contributed by atoms with Crippen LogP contribution in [0.15, 0.2) is 0 Å². The molecule has 4 heteroatoms. The number of nitrogens with one attached hydrogen (secondary N) is 1. The zero-order valence-corrected chi connectivity index (χ0v) is 11.4. The van der Waals surface area contributed by atoms with E-state index in [0.29, 0.717) is 5.25 Å². The van der Waals surface area contributed by atoms with E-state index in [-0.39, 0.29) is 0 Å². The van der Waals surface area contributed by atoms with Gasteiger partial charge in [0.25, 0.3) is 0 Å². The third-order valence-corrected chi connectivity index (χ3v) is 5.54. The molecule has 2 aliphatic heterocycles. The maximum atomic E-state index is 4.96. The second-order valence-electron chi connectivity index (χ2n) is 5.60. The molecule has 1 aliphatic carbocycles. The molecule has 1 aromatic heterocycles. The number of fused-ring (bicyclic) bond motifs is 1. The van der Waals surface area contributed by atoms with Gasteiger partial charge in [0.05, 0.1) is 16.6 Å². The van der Waals surface area contributed by atoms with Gasteiger partial charge in [-0.15, -0.1) is 0 Å². The van der Waals surface area contributed by atoms with Gasteiger partial charge in [0.1, 0.15) is 5.82 Å². The highest BCUT2D eigenvalue weighted by Crippen LogP contribution is 2.44. The minimum absolute atomic E-state index is 0.572. The Morgan fingerprint density at radius 2 is 2.11 bits per heavy atom. The molecule has 1 aromatic rings. The Bertz CT molecular complexity index is 464. The first-order valence-corrected chi connectivity index (χ1v) is 8.18. The van der Waals surface area contributed by atoms with Gasteiger partial charge in [-0.05, 0) is 31.4 Å². The number of rotatable bonds is 2. The monoisotopic (exact) mass is 261 g/mol. The highest BCUT2D eigenvalue weighted by atomic mass is 32.2. The predicted octanol–water partition coefficient (Wildman–Crippen LogP) is 2.57. The van der Waals surface area contributed by atoms with Gasteiger partial charge in [-0.25, -0.2) is 9.97 Å². The molecular formula is C14H19N3S. The number of hydrogen-bond acceptors (Lipinski definition) is 4. The Labute approximate surface area is 112 Å². The van der Waals surface area contributed by atoms with Gasteiger partial charge in [-0.3, -0.25) is 0 Å². The van der Waals surface area contributed by atoms with Crippen molar-refractivity contribution in [2.45, 2.75) is 49.8 Å². The largest absolute Gasteiger partial charge is 0.312 e. The van der Waals surface area contributed by atoms with Crippen LogP contribution in [0.2, 0.25) is 0 Å². The molecule has 3 aliphatic rings. The summed E-state index contributed by atoms with van der Waals surface area (Å²) in [5.74, 6) is 3.16. The number of nitrogens with zero attached hydrogens (tertiary/aromatic N) is 2. The second kappa shape index (κ2) is 4.49. The average Bonchev–Trinajstić information content (AvgIpc) is 3.12. The van der Waals surface area contributed by atoms with Gasteiger partial charge in [-0.1, -0.05) is 0 Å². The van der Waals surface area contributed by atoms with Crippen molar-refractivity contribution in [3.8, 4) is 0 Å². The molecule has 0 aromatic carbocycles. The lowest BCUT2D eigenvalue weighted by molar-refractivity contribution is 0.606. The van der Waals surface area contributed by atoms with Crippen LogP contribution in [0.1, 0.15) is 59.6 Å². The van der Waals surface area contributed by atoms with Crippen molar-refractivity contribution in [3.05, 3.63) is 22.8 Å². The van der Waals surface area contributed by atoms with Gasteiger partial charge in [0, 0.05) is 31.0 Å². The lowest BCUT2D eigenvalue weighted by atomic mass is 10.0. The molecule has 1 atom stereocenters. The highest BCUT2D eigenvalue weighted by Gasteiger charge is 2.32. The number of hydrogen-bond donors (Lipinski definition) is 1. The average molecular weight is 261 g/mol. The molecule has 96 valence electrons. The Morgan fingerprint density at radius 3 is 2.89 bits per heavy atom. The molecule has 1 N–H and O–H groups in total. The third-order valence-electron chi connectivity index (χ3n) is 4.16. The van der Waals surface area contributed by atoms with Gasteiger partial charge in [0.15, 0.2) is 0 Å². The first kappa shape index (κ1) is 11.2. The van der Waals surface area contributed by atoms with Crippen LogP contribution in [0.25, 0.3) is 0 Å². The molecule has 0 bridgehead atoms. The summed E-state index contributed by atoms with van der Waals surface area (Å²) in [7, 11) is 0. The maximum absolute atomic E-state index is 4.96. The molecule has 18 heavy (non-hydrogen) atoms. The zero-order valence-electron chi connectivity index (χ0n) is 10.6. The molecule has 1 saturated heterocycles. The summed E-state index contributed by atoms with van der Waals surface area (Å²) in [6, 6.07) is 0. The summed E-state index contributed by atoms with van der Waals surface area (Å²) in [6.45, 7) is 2.06. The summed E-state index contributed by atoms with van der Waals surface area (Å²) in [5.41, 5.74) is 4.15. The SMILES string of the molecule is C1CSC(c2nc3c(c(C4CC4)n2)CNCC3)C1. The normalized spacial score (nSPS) is 27.2. The van der Waals surface area contributed by atoms with Crippen LogP contribution < -0.4 is 5.32 Å². The van der Waals surface area contributed by atoms with Crippen molar-refractivity contribution in [2.75, 3.05) is 12.3 Å². The van der Waals surface area contributed by atoms with E-state index < -0.39 is 0 Å². The van der Waals surface area contributed by atoms with E-state index in [4.69, 9.17) is 9.97 Å². The first-order chi connectivity index (χ1) is 8.92. The lowest BCUT2D eigenvalue weighted by Crippen LogP contribution is -2.27. The van der Waals surface area contributed by atoms with Crippen molar-refractivity contribution in [1.29, 1.82) is 0 Å². The Morgan fingerprint density at radius 1 is 1.17 bits per heavy atom. The fourth-order valence-electron chi connectivity index (χ4n) is 3.01. The minimum Gasteiger partial charge on any atom is -0.312 e. The van der Waals surface area contributed by atoms with Crippen LogP contribution in [0.3, 0.4) is 0 Å². The van der Waals surface area contributed by atoms with E-state index in [2.05, 4.69) is 5.32 Å². The second-order valence-corrected chi connectivity index (χ2v) is 6.91. The van der Waals surface area contributed by atoms with Crippen LogP contribution in [0.5, 0.6) is 0 Å². The molecule has 1 saturated carbocycles. The summed E-state index contributed by atoms with van der Waals surface area (Å²) >= 11 is 2.05. The Balaban J connectivity index is 1.77. The number of aromatic nitrogens is 2. The third kappa shape index (κ3) is 1.95. The Kier molecular flexibility index (Phi) is 2.81. The van der Waals surface area contributed by atoms with E-state index in [0.717, 1.165) is 31.3 Å². The lowest BCUT2D eigenvalue weighted by Gasteiger charge is -2.21. The molecule has 0 spiro atoms. The van der Waals surface area contributed by atoms with Crippen molar-refractivity contribution in [2.24, 2.45) is 0 Å². The van der Waals surface area contributed by atoms with E-state index in [1.54, 1.807) is 0 Å². The van der Waals surface area contributed by atoms with Crippen molar-refractivity contribution in [1.82, 2.24) is 15.3 Å². The molecule has 2 fully saturated rings. The smallest absolute Gasteiger partial charge is 0.141 e. The van der Waals surface area contributed by atoms with Gasteiger partial charge in [0.2, 0.25) is 0 Å².